The summed E-state index contributed by atoms with van der Waals surface area (Å²) < 4.78 is 0. The molecule has 1 aliphatic heterocycles. The molecule has 2 rings (SSSR count). The van der Waals surface area contributed by atoms with E-state index in [4.69, 9.17) is 11.6 Å². The van der Waals surface area contributed by atoms with Gasteiger partial charge >= 0.3 is 0 Å². The molecule has 0 saturated carbocycles. The van der Waals surface area contributed by atoms with E-state index in [1.165, 1.54) is 0 Å². The van der Waals surface area contributed by atoms with Gasteiger partial charge in [-0.15, -0.1) is 10.2 Å². The van der Waals surface area contributed by atoms with Gasteiger partial charge in [0.25, 0.3) is 0 Å². The van der Waals surface area contributed by atoms with Gasteiger partial charge in [-0.05, 0) is 31.5 Å². The molecule has 1 amide bonds. The Labute approximate surface area is 92.2 Å². The van der Waals surface area contributed by atoms with Crippen molar-refractivity contribution in [3.63, 3.8) is 0 Å². The number of amides is 1. The lowest BCUT2D eigenvalue weighted by molar-refractivity contribution is -0.117. The minimum Gasteiger partial charge on any atom is -0.308 e. The van der Waals surface area contributed by atoms with Gasteiger partial charge < -0.3 is 10.6 Å². The summed E-state index contributed by atoms with van der Waals surface area (Å²) in [6.45, 7) is 0.893. The molecule has 15 heavy (non-hydrogen) atoms. The maximum Gasteiger partial charge on any atom is 0.242 e. The number of carbonyl (C=O) groups excluding carboxylic acids is 1. The molecule has 0 unspecified atom stereocenters. The van der Waals surface area contributed by atoms with Crippen molar-refractivity contribution < 1.29 is 4.79 Å². The second-order valence-electron chi connectivity index (χ2n) is 3.38. The van der Waals surface area contributed by atoms with Crippen molar-refractivity contribution in [3.8, 4) is 0 Å². The maximum absolute atomic E-state index is 11.6. The number of hydrogen-bond acceptors (Lipinski definition) is 4. The van der Waals surface area contributed by atoms with Crippen LogP contribution in [0.15, 0.2) is 12.1 Å². The number of nitrogens with one attached hydrogen (secondary N) is 2. The molecule has 1 aliphatic rings. The summed E-state index contributed by atoms with van der Waals surface area (Å²) in [6, 6.07) is 3.11. The molecule has 1 saturated heterocycles. The number of rotatable bonds is 2. The van der Waals surface area contributed by atoms with Crippen molar-refractivity contribution in [1.29, 1.82) is 0 Å². The van der Waals surface area contributed by atoms with Crippen molar-refractivity contribution in [1.82, 2.24) is 15.5 Å². The second kappa shape index (κ2) is 4.55. The van der Waals surface area contributed by atoms with Crippen LogP contribution in [0.3, 0.4) is 0 Å². The largest absolute Gasteiger partial charge is 0.308 e. The predicted molar refractivity (Wildman–Crippen MR) is 56.7 cm³/mol. The monoisotopic (exact) mass is 226 g/mol. The minimum atomic E-state index is -0.109. The number of nitrogens with zero attached hydrogens (tertiary/aromatic N) is 2. The van der Waals surface area contributed by atoms with E-state index in [-0.39, 0.29) is 11.9 Å². The molecular weight excluding hydrogens is 216 g/mol. The van der Waals surface area contributed by atoms with Crippen LogP contribution in [0.1, 0.15) is 12.8 Å². The smallest absolute Gasteiger partial charge is 0.242 e. The zero-order chi connectivity index (χ0) is 10.7. The molecule has 1 fully saturated rings. The highest BCUT2D eigenvalue weighted by Crippen LogP contribution is 2.09. The molecule has 0 bridgehead atoms. The molecule has 80 valence electrons. The Bertz CT molecular complexity index is 348. The third-order valence-corrected chi connectivity index (χ3v) is 2.46. The van der Waals surface area contributed by atoms with Gasteiger partial charge in [0.05, 0.1) is 6.04 Å². The first-order chi connectivity index (χ1) is 7.25. The molecule has 2 heterocycles. The van der Waals surface area contributed by atoms with Crippen LogP contribution in [0.4, 0.5) is 5.82 Å². The molecule has 0 radical (unpaired) electrons. The number of halogens is 1. The summed E-state index contributed by atoms with van der Waals surface area (Å²) in [6.07, 6.45) is 1.90. The normalized spacial score (nSPS) is 20.2. The van der Waals surface area contributed by atoms with Crippen molar-refractivity contribution in [3.05, 3.63) is 17.3 Å². The van der Waals surface area contributed by atoms with Crippen LogP contribution >= 0.6 is 11.6 Å². The molecule has 1 atom stereocenters. The van der Waals surface area contributed by atoms with E-state index >= 15 is 0 Å². The maximum atomic E-state index is 11.6. The van der Waals surface area contributed by atoms with Crippen molar-refractivity contribution in [2.75, 3.05) is 11.9 Å². The molecule has 1 aromatic rings. The summed E-state index contributed by atoms with van der Waals surface area (Å²) in [5.74, 6) is 0.363. The molecule has 0 aliphatic carbocycles. The lowest BCUT2D eigenvalue weighted by Gasteiger charge is -2.09. The van der Waals surface area contributed by atoms with Gasteiger partial charge in [0.2, 0.25) is 5.91 Å². The van der Waals surface area contributed by atoms with Gasteiger partial charge in [-0.3, -0.25) is 4.79 Å². The Balaban J connectivity index is 1.96. The van der Waals surface area contributed by atoms with Crippen LogP contribution in [0.25, 0.3) is 0 Å². The number of aromatic nitrogens is 2. The highest BCUT2D eigenvalue weighted by Gasteiger charge is 2.22. The Hall–Kier alpha value is -1.20. The highest BCUT2D eigenvalue weighted by atomic mass is 35.5. The van der Waals surface area contributed by atoms with Crippen molar-refractivity contribution in [2.45, 2.75) is 18.9 Å². The Morgan fingerprint density at radius 1 is 1.53 bits per heavy atom. The quantitative estimate of drug-likeness (QED) is 0.784. The first-order valence-electron chi connectivity index (χ1n) is 4.79. The molecule has 0 aromatic carbocycles. The topological polar surface area (TPSA) is 66.9 Å². The fraction of sp³-hybridized carbons (Fsp3) is 0.444. The van der Waals surface area contributed by atoms with Crippen LogP contribution in [0.5, 0.6) is 0 Å². The van der Waals surface area contributed by atoms with Crippen molar-refractivity contribution in [2.24, 2.45) is 0 Å². The lowest BCUT2D eigenvalue weighted by atomic mass is 10.2. The van der Waals surface area contributed by atoms with E-state index in [2.05, 4.69) is 20.8 Å². The van der Waals surface area contributed by atoms with Crippen LogP contribution in [-0.2, 0) is 4.79 Å². The fourth-order valence-electron chi connectivity index (χ4n) is 1.50. The van der Waals surface area contributed by atoms with Crippen molar-refractivity contribution >= 4 is 23.3 Å². The third kappa shape index (κ3) is 2.64. The average molecular weight is 227 g/mol. The fourth-order valence-corrected chi connectivity index (χ4v) is 1.61. The van der Waals surface area contributed by atoms with Gasteiger partial charge in [0, 0.05) is 0 Å². The van der Waals surface area contributed by atoms with E-state index in [1.54, 1.807) is 12.1 Å². The summed E-state index contributed by atoms with van der Waals surface area (Å²) in [7, 11) is 0. The molecule has 2 N–H and O–H groups in total. The van der Waals surface area contributed by atoms with Crippen LogP contribution in [-0.4, -0.2) is 28.7 Å². The number of anilines is 1. The van der Waals surface area contributed by atoms with E-state index in [1.807, 2.05) is 0 Å². The van der Waals surface area contributed by atoms with Gasteiger partial charge in [-0.25, -0.2) is 0 Å². The summed E-state index contributed by atoms with van der Waals surface area (Å²) in [5.41, 5.74) is 0. The predicted octanol–water partition coefficient (Wildman–Crippen LogP) is 0.821. The van der Waals surface area contributed by atoms with Gasteiger partial charge in [-0.2, -0.15) is 0 Å². The summed E-state index contributed by atoms with van der Waals surface area (Å²) >= 11 is 5.58. The third-order valence-electron chi connectivity index (χ3n) is 2.26. The SMILES string of the molecule is O=C(Nc1ccc(Cl)nn1)[C@H]1CCCN1. The van der Waals surface area contributed by atoms with E-state index in [0.717, 1.165) is 19.4 Å². The first kappa shape index (κ1) is 10.3. The molecule has 1 aromatic heterocycles. The van der Waals surface area contributed by atoms with E-state index in [9.17, 15) is 4.79 Å². The average Bonchev–Trinajstić information content (AvgIpc) is 2.74. The minimum absolute atomic E-state index is 0.0656. The Morgan fingerprint density at radius 2 is 2.40 bits per heavy atom. The lowest BCUT2D eigenvalue weighted by Crippen LogP contribution is -2.35. The Kier molecular flexibility index (Phi) is 3.13. The van der Waals surface area contributed by atoms with Crippen LogP contribution in [0.2, 0.25) is 5.15 Å². The number of carbonyl (C=O) groups is 1. The van der Waals surface area contributed by atoms with Crippen LogP contribution in [0, 0.1) is 0 Å². The highest BCUT2D eigenvalue weighted by molar-refractivity contribution is 6.29. The summed E-state index contributed by atoms with van der Waals surface area (Å²) in [4.78, 5) is 11.6. The van der Waals surface area contributed by atoms with Crippen LogP contribution < -0.4 is 10.6 Å². The second-order valence-corrected chi connectivity index (χ2v) is 3.77. The first-order valence-corrected chi connectivity index (χ1v) is 5.17. The molecule has 0 spiro atoms. The molecule has 5 nitrogen and oxygen atoms in total. The van der Waals surface area contributed by atoms with E-state index < -0.39 is 0 Å². The standard InChI is InChI=1S/C9H11ClN4O/c10-7-3-4-8(14-13-7)12-9(15)6-2-1-5-11-6/h3-4,6,11H,1-2,5H2,(H,12,14,15)/t6-/m1/s1. The van der Waals surface area contributed by atoms with E-state index in [0.29, 0.717) is 11.0 Å². The zero-order valence-corrected chi connectivity index (χ0v) is 8.79. The zero-order valence-electron chi connectivity index (χ0n) is 8.03. The molecular formula is C9H11ClN4O. The summed E-state index contributed by atoms with van der Waals surface area (Å²) in [5, 5.41) is 13.5. The van der Waals surface area contributed by atoms with Gasteiger partial charge in [0.1, 0.15) is 0 Å². The van der Waals surface area contributed by atoms with Gasteiger partial charge in [-0.1, -0.05) is 11.6 Å². The molecule has 6 heteroatoms. The van der Waals surface area contributed by atoms with Gasteiger partial charge in [0.15, 0.2) is 11.0 Å². The Morgan fingerprint density at radius 3 is 3.00 bits per heavy atom. The number of hydrogen-bond donors (Lipinski definition) is 2.